The summed E-state index contributed by atoms with van der Waals surface area (Å²) in [6.07, 6.45) is 0. The number of hydrogen-bond donors (Lipinski definition) is 6. The molecular formula is C36H32N10O8. The third kappa shape index (κ3) is 9.23. The van der Waals surface area contributed by atoms with Crippen LogP contribution in [0.4, 0.5) is 22.7 Å². The number of benzene rings is 4. The molecule has 274 valence electrons. The van der Waals surface area contributed by atoms with Crippen LogP contribution in [0.1, 0.15) is 13.8 Å². The van der Waals surface area contributed by atoms with Crippen LogP contribution in [0.2, 0.25) is 0 Å². The highest BCUT2D eigenvalue weighted by molar-refractivity contribution is 6.11. The van der Waals surface area contributed by atoms with Crippen LogP contribution in [0.15, 0.2) is 115 Å². The number of azo groups is 2. The number of H-pyrrole nitrogens is 4. The molecule has 0 saturated carbocycles. The largest absolute Gasteiger partial charge is 0.490 e. The number of hydrogen-bond acceptors (Lipinski definition) is 12. The number of Topliss-reactive ketones (excluding diaryl/α,β-unsaturated/α-hetero) is 2. The third-order valence-electron chi connectivity index (χ3n) is 7.67. The molecule has 0 bridgehead atoms. The van der Waals surface area contributed by atoms with Crippen molar-refractivity contribution in [3.8, 4) is 11.5 Å². The molecule has 2 heterocycles. The number of nitrogens with one attached hydrogen (secondary N) is 6. The second kappa shape index (κ2) is 16.2. The molecule has 0 aliphatic rings. The lowest BCUT2D eigenvalue weighted by Gasteiger charge is -2.10. The van der Waals surface area contributed by atoms with E-state index >= 15 is 0 Å². The normalized spacial score (nSPS) is 12.6. The lowest BCUT2D eigenvalue weighted by Crippen LogP contribution is -2.31. The average Bonchev–Trinajstić information content (AvgIpc) is 3.70. The van der Waals surface area contributed by atoms with E-state index in [4.69, 9.17) is 9.47 Å². The van der Waals surface area contributed by atoms with Gasteiger partial charge in [0, 0.05) is 23.5 Å². The molecular weight excluding hydrogens is 700 g/mol. The number of imidazole rings is 2. The summed E-state index contributed by atoms with van der Waals surface area (Å²) in [5, 5.41) is 21.3. The van der Waals surface area contributed by atoms with Gasteiger partial charge in [0.15, 0.2) is 11.6 Å². The van der Waals surface area contributed by atoms with E-state index in [1.807, 2.05) is 0 Å². The van der Waals surface area contributed by atoms with Crippen LogP contribution in [0.5, 0.6) is 11.5 Å². The van der Waals surface area contributed by atoms with Gasteiger partial charge in [-0.1, -0.05) is 12.1 Å². The maximum atomic E-state index is 12.9. The predicted molar refractivity (Wildman–Crippen MR) is 197 cm³/mol. The molecule has 0 saturated heterocycles. The molecule has 0 spiro atoms. The molecule has 0 aliphatic heterocycles. The molecule has 18 nitrogen and oxygen atoms in total. The zero-order chi connectivity index (χ0) is 38.2. The second-order valence-corrected chi connectivity index (χ2v) is 11.8. The van der Waals surface area contributed by atoms with Gasteiger partial charge in [-0.05, 0) is 74.5 Å². The fourth-order valence-corrected chi connectivity index (χ4v) is 5.12. The van der Waals surface area contributed by atoms with Crippen LogP contribution >= 0.6 is 0 Å². The fourth-order valence-electron chi connectivity index (χ4n) is 5.12. The summed E-state index contributed by atoms with van der Waals surface area (Å²) in [6.45, 7) is 2.73. The molecule has 2 unspecified atom stereocenters. The van der Waals surface area contributed by atoms with Crippen molar-refractivity contribution in [1.82, 2.24) is 19.9 Å². The van der Waals surface area contributed by atoms with Gasteiger partial charge in [0.25, 0.3) is 11.8 Å². The first-order chi connectivity index (χ1) is 26.0. The Bertz CT molecular complexity index is 2370. The van der Waals surface area contributed by atoms with E-state index in [2.05, 4.69) is 51.0 Å². The van der Waals surface area contributed by atoms with E-state index in [0.29, 0.717) is 56.3 Å². The van der Waals surface area contributed by atoms with Gasteiger partial charge in [0.1, 0.15) is 24.7 Å². The highest BCUT2D eigenvalue weighted by Gasteiger charge is 2.24. The van der Waals surface area contributed by atoms with E-state index in [-0.39, 0.29) is 24.6 Å². The molecule has 2 amide bonds. The van der Waals surface area contributed by atoms with Gasteiger partial charge in [0.05, 0.1) is 33.4 Å². The number of anilines is 2. The van der Waals surface area contributed by atoms with Gasteiger partial charge in [-0.25, -0.2) is 9.59 Å². The number of aromatic amines is 4. The Morgan fingerprint density at radius 1 is 0.574 bits per heavy atom. The van der Waals surface area contributed by atoms with E-state index < -0.39 is 35.5 Å². The molecule has 6 aromatic rings. The first kappa shape index (κ1) is 36.3. The second-order valence-electron chi connectivity index (χ2n) is 11.8. The van der Waals surface area contributed by atoms with Crippen molar-refractivity contribution in [2.24, 2.45) is 20.5 Å². The van der Waals surface area contributed by atoms with Crippen molar-refractivity contribution < 1.29 is 28.7 Å². The topological polar surface area (TPSA) is 258 Å². The number of ketones is 2. The highest BCUT2D eigenvalue weighted by Crippen LogP contribution is 2.24. The first-order valence-electron chi connectivity index (χ1n) is 16.3. The fraction of sp³-hybridized carbons (Fsp3) is 0.167. The summed E-state index contributed by atoms with van der Waals surface area (Å²) in [7, 11) is 0. The maximum Gasteiger partial charge on any atom is 0.323 e. The van der Waals surface area contributed by atoms with Crippen molar-refractivity contribution in [1.29, 1.82) is 0 Å². The summed E-state index contributed by atoms with van der Waals surface area (Å²) < 4.78 is 11.6. The van der Waals surface area contributed by atoms with Crippen molar-refractivity contribution >= 4 is 68.2 Å². The summed E-state index contributed by atoms with van der Waals surface area (Å²) in [6, 6.07) is 19.8. The molecule has 18 heteroatoms. The maximum absolute atomic E-state index is 12.9. The summed E-state index contributed by atoms with van der Waals surface area (Å²) in [5.41, 5.74) is 2.75. The van der Waals surface area contributed by atoms with E-state index in [9.17, 15) is 28.8 Å². The first-order valence-corrected chi connectivity index (χ1v) is 16.3. The molecule has 2 aromatic heterocycles. The van der Waals surface area contributed by atoms with Gasteiger partial charge in [-0.15, -0.1) is 0 Å². The molecule has 0 fully saturated rings. The van der Waals surface area contributed by atoms with E-state index in [0.717, 1.165) is 0 Å². The molecule has 54 heavy (non-hydrogen) atoms. The number of rotatable bonds is 15. The smallest absolute Gasteiger partial charge is 0.323 e. The van der Waals surface area contributed by atoms with Gasteiger partial charge in [-0.3, -0.25) is 19.2 Å². The molecule has 6 rings (SSSR count). The lowest BCUT2D eigenvalue weighted by molar-refractivity contribution is -0.127. The Balaban J connectivity index is 0.999. The Morgan fingerprint density at radius 2 is 0.981 bits per heavy atom. The van der Waals surface area contributed by atoms with Crippen LogP contribution in [0, 0.1) is 0 Å². The Kier molecular flexibility index (Phi) is 10.9. The Labute approximate surface area is 304 Å². The Morgan fingerprint density at radius 3 is 1.39 bits per heavy atom. The number of ether oxygens (including phenoxy) is 2. The van der Waals surface area contributed by atoms with Gasteiger partial charge >= 0.3 is 11.4 Å². The van der Waals surface area contributed by atoms with Crippen molar-refractivity contribution in [3.05, 3.63) is 106 Å². The van der Waals surface area contributed by atoms with Crippen LogP contribution < -0.4 is 31.5 Å². The SMILES string of the molecule is CC(=O)C(N=Nc1cccc(OCCOc2cccc(N=NC(C(C)=O)C(=O)Nc3ccc4[nH]c(=O)[nH]c4c3)c2)c1)C(=O)Nc1ccc2[nH]c(=O)[nH]c2c1. The molecule has 6 N–H and O–H groups in total. The quantitative estimate of drug-likeness (QED) is 0.0482. The van der Waals surface area contributed by atoms with Gasteiger partial charge in [0.2, 0.25) is 12.1 Å². The average molecular weight is 733 g/mol. The molecule has 0 radical (unpaired) electrons. The molecule has 2 atom stereocenters. The van der Waals surface area contributed by atoms with E-state index in [1.165, 1.54) is 13.8 Å². The number of carbonyl (C=O) groups excluding carboxylic acids is 4. The number of nitrogens with zero attached hydrogens (tertiary/aromatic N) is 4. The summed E-state index contributed by atoms with van der Waals surface area (Å²) in [5.74, 6) is -1.55. The summed E-state index contributed by atoms with van der Waals surface area (Å²) >= 11 is 0. The monoisotopic (exact) mass is 732 g/mol. The van der Waals surface area contributed by atoms with Crippen LogP contribution in [-0.2, 0) is 19.2 Å². The van der Waals surface area contributed by atoms with Crippen LogP contribution in [0.3, 0.4) is 0 Å². The predicted octanol–water partition coefficient (Wildman–Crippen LogP) is 4.84. The zero-order valence-corrected chi connectivity index (χ0v) is 28.7. The minimum Gasteiger partial charge on any atom is -0.490 e. The third-order valence-corrected chi connectivity index (χ3v) is 7.67. The standard InChI is InChI=1S/C36H32N10O8/c1-19(47)31(33(49)37-21-9-11-27-29(17-21)41-35(51)39-27)45-43-23-5-3-7-25(15-23)53-13-14-54-26-8-4-6-24(16-26)44-46-32(20(2)48)34(50)38-22-10-12-28-30(18-22)42-36(52)40-28/h3-12,15-18,31-32H,13-14H2,1-2H3,(H,37,49)(H,38,50)(H2,39,41,51)(H2,40,42,52). The number of aromatic nitrogens is 4. The highest BCUT2D eigenvalue weighted by atomic mass is 16.5. The number of amides is 2. The van der Waals surface area contributed by atoms with Crippen molar-refractivity contribution in [3.63, 3.8) is 0 Å². The zero-order valence-electron chi connectivity index (χ0n) is 28.7. The molecule has 0 aliphatic carbocycles. The van der Waals surface area contributed by atoms with Crippen molar-refractivity contribution in [2.45, 2.75) is 25.9 Å². The van der Waals surface area contributed by atoms with Crippen LogP contribution in [0.25, 0.3) is 22.1 Å². The minimum absolute atomic E-state index is 0.136. The number of fused-ring (bicyclic) bond motifs is 2. The Hall–Kier alpha value is -7.50. The van der Waals surface area contributed by atoms with Gasteiger partial charge < -0.3 is 40.0 Å². The van der Waals surface area contributed by atoms with Crippen LogP contribution in [-0.4, -0.2) is 68.6 Å². The molecule has 4 aromatic carbocycles. The minimum atomic E-state index is -1.41. The van der Waals surface area contributed by atoms with Crippen molar-refractivity contribution in [2.75, 3.05) is 23.8 Å². The number of carbonyl (C=O) groups is 4. The van der Waals surface area contributed by atoms with Gasteiger partial charge in [-0.2, -0.15) is 20.5 Å². The van der Waals surface area contributed by atoms with E-state index in [1.54, 1.807) is 84.9 Å². The summed E-state index contributed by atoms with van der Waals surface area (Å²) in [4.78, 5) is 83.7. The lowest BCUT2D eigenvalue weighted by atomic mass is 10.2.